The molecule has 3 nitrogen and oxygen atoms in total. The molecule has 3 heteroatoms. The standard InChI is InChI=1S/C9H23N3/c1-3-7-10-8-5-6-9-12-11-4-2/h10-12H,3-9H2,1-2H3. The van der Waals surface area contributed by atoms with E-state index in [0.29, 0.717) is 0 Å². The lowest BCUT2D eigenvalue weighted by atomic mass is 10.3. The van der Waals surface area contributed by atoms with Crippen LogP contribution in [0.1, 0.15) is 33.1 Å². The van der Waals surface area contributed by atoms with Gasteiger partial charge in [-0.1, -0.05) is 13.8 Å². The minimum Gasteiger partial charge on any atom is -0.317 e. The van der Waals surface area contributed by atoms with E-state index in [9.17, 15) is 0 Å². The summed E-state index contributed by atoms with van der Waals surface area (Å²) in [7, 11) is 0. The Morgan fingerprint density at radius 2 is 1.58 bits per heavy atom. The van der Waals surface area contributed by atoms with Crippen LogP contribution in [0.5, 0.6) is 0 Å². The monoisotopic (exact) mass is 173 g/mol. The number of hydrogen-bond donors (Lipinski definition) is 3. The van der Waals surface area contributed by atoms with E-state index in [-0.39, 0.29) is 0 Å². The quantitative estimate of drug-likeness (QED) is 0.358. The van der Waals surface area contributed by atoms with Gasteiger partial charge in [0.2, 0.25) is 0 Å². The number of hydrogen-bond acceptors (Lipinski definition) is 3. The Morgan fingerprint density at radius 1 is 0.833 bits per heavy atom. The Balaban J connectivity index is 2.73. The fourth-order valence-corrected chi connectivity index (χ4v) is 0.979. The molecule has 0 bridgehead atoms. The number of nitrogens with one attached hydrogen (secondary N) is 3. The molecule has 0 atom stereocenters. The van der Waals surface area contributed by atoms with E-state index in [0.717, 1.165) is 26.2 Å². The summed E-state index contributed by atoms with van der Waals surface area (Å²) >= 11 is 0. The fourth-order valence-electron chi connectivity index (χ4n) is 0.979. The average Bonchev–Trinajstić information content (AvgIpc) is 2.10. The second kappa shape index (κ2) is 10.9. The number of rotatable bonds is 9. The summed E-state index contributed by atoms with van der Waals surface area (Å²) < 4.78 is 0. The lowest BCUT2D eigenvalue weighted by Crippen LogP contribution is -2.32. The van der Waals surface area contributed by atoms with Gasteiger partial charge in [-0.05, 0) is 32.4 Å². The molecule has 0 radical (unpaired) electrons. The zero-order valence-electron chi connectivity index (χ0n) is 8.45. The lowest BCUT2D eigenvalue weighted by molar-refractivity contribution is 0.516. The second-order valence-electron chi connectivity index (χ2n) is 2.91. The minimum atomic E-state index is 0.994. The lowest BCUT2D eigenvalue weighted by Gasteiger charge is -2.04. The molecular formula is C9H23N3. The van der Waals surface area contributed by atoms with Gasteiger partial charge >= 0.3 is 0 Å². The van der Waals surface area contributed by atoms with Crippen molar-refractivity contribution >= 4 is 0 Å². The highest BCUT2D eigenvalue weighted by Crippen LogP contribution is 1.83. The molecule has 0 aromatic heterocycles. The first-order valence-corrected chi connectivity index (χ1v) is 5.08. The van der Waals surface area contributed by atoms with Crippen LogP contribution >= 0.6 is 0 Å². The molecule has 0 aromatic carbocycles. The Labute approximate surface area is 76.3 Å². The van der Waals surface area contributed by atoms with Crippen LogP contribution in [0.2, 0.25) is 0 Å². The van der Waals surface area contributed by atoms with E-state index in [1.165, 1.54) is 19.3 Å². The molecule has 0 saturated heterocycles. The van der Waals surface area contributed by atoms with Crippen LogP contribution in [0.15, 0.2) is 0 Å². The van der Waals surface area contributed by atoms with Gasteiger partial charge in [-0.15, -0.1) is 0 Å². The Morgan fingerprint density at radius 3 is 2.25 bits per heavy atom. The molecule has 0 unspecified atom stereocenters. The van der Waals surface area contributed by atoms with Gasteiger partial charge in [-0.25, -0.2) is 0 Å². The summed E-state index contributed by atoms with van der Waals surface area (Å²) in [4.78, 5) is 0. The van der Waals surface area contributed by atoms with Crippen molar-refractivity contribution in [2.75, 3.05) is 26.2 Å². The molecule has 0 spiro atoms. The molecule has 3 N–H and O–H groups in total. The number of hydrazine groups is 1. The largest absolute Gasteiger partial charge is 0.317 e. The smallest absolute Gasteiger partial charge is 0.0100 e. The summed E-state index contributed by atoms with van der Waals surface area (Å²) in [5, 5.41) is 3.38. The van der Waals surface area contributed by atoms with Gasteiger partial charge in [0.05, 0.1) is 0 Å². The predicted octanol–water partition coefficient (Wildman–Crippen LogP) is 0.880. The Bertz CT molecular complexity index is 66.2. The first-order chi connectivity index (χ1) is 5.91. The van der Waals surface area contributed by atoms with Crippen molar-refractivity contribution in [3.05, 3.63) is 0 Å². The number of unbranched alkanes of at least 4 members (excludes halogenated alkanes) is 1. The van der Waals surface area contributed by atoms with E-state index >= 15 is 0 Å². The Kier molecular flexibility index (Phi) is 10.8. The maximum atomic E-state index is 3.38. The van der Waals surface area contributed by atoms with Crippen molar-refractivity contribution in [2.24, 2.45) is 0 Å². The maximum absolute atomic E-state index is 3.38. The molecule has 0 amide bonds. The third-order valence-corrected chi connectivity index (χ3v) is 1.63. The van der Waals surface area contributed by atoms with Crippen LogP contribution < -0.4 is 16.2 Å². The fraction of sp³-hybridized carbons (Fsp3) is 1.00. The van der Waals surface area contributed by atoms with Gasteiger partial charge in [-0.3, -0.25) is 10.9 Å². The van der Waals surface area contributed by atoms with Gasteiger partial charge in [0, 0.05) is 13.1 Å². The van der Waals surface area contributed by atoms with Crippen molar-refractivity contribution in [3.8, 4) is 0 Å². The molecule has 0 aliphatic heterocycles. The maximum Gasteiger partial charge on any atom is 0.0100 e. The molecule has 74 valence electrons. The van der Waals surface area contributed by atoms with Crippen LogP contribution in [-0.2, 0) is 0 Å². The van der Waals surface area contributed by atoms with Crippen LogP contribution in [0.25, 0.3) is 0 Å². The van der Waals surface area contributed by atoms with Gasteiger partial charge < -0.3 is 5.32 Å². The van der Waals surface area contributed by atoms with Crippen LogP contribution in [-0.4, -0.2) is 26.2 Å². The van der Waals surface area contributed by atoms with Gasteiger partial charge in [0.1, 0.15) is 0 Å². The molecule has 0 aliphatic rings. The second-order valence-corrected chi connectivity index (χ2v) is 2.91. The van der Waals surface area contributed by atoms with Crippen molar-refractivity contribution in [3.63, 3.8) is 0 Å². The molecule has 0 heterocycles. The van der Waals surface area contributed by atoms with E-state index < -0.39 is 0 Å². The molecule has 0 aliphatic carbocycles. The zero-order chi connectivity index (χ0) is 9.07. The minimum absolute atomic E-state index is 0.994. The van der Waals surface area contributed by atoms with Crippen LogP contribution in [0.4, 0.5) is 0 Å². The first-order valence-electron chi connectivity index (χ1n) is 5.08. The van der Waals surface area contributed by atoms with Crippen molar-refractivity contribution in [2.45, 2.75) is 33.1 Å². The SMILES string of the molecule is CCCNCCCCNNCC. The third-order valence-electron chi connectivity index (χ3n) is 1.63. The summed E-state index contributed by atoms with van der Waals surface area (Å²) in [5.74, 6) is 0. The highest BCUT2D eigenvalue weighted by molar-refractivity contribution is 4.48. The summed E-state index contributed by atoms with van der Waals surface area (Å²) in [6, 6.07) is 0. The molecule has 0 rings (SSSR count). The molecule has 12 heavy (non-hydrogen) atoms. The predicted molar refractivity (Wildman–Crippen MR) is 54.1 cm³/mol. The van der Waals surface area contributed by atoms with E-state index in [2.05, 4.69) is 30.0 Å². The summed E-state index contributed by atoms with van der Waals surface area (Å²) in [6.45, 7) is 8.66. The zero-order valence-corrected chi connectivity index (χ0v) is 8.45. The third kappa shape index (κ3) is 9.88. The van der Waals surface area contributed by atoms with Gasteiger partial charge in [-0.2, -0.15) is 0 Å². The highest BCUT2D eigenvalue weighted by Gasteiger charge is 1.87. The van der Waals surface area contributed by atoms with Crippen molar-refractivity contribution < 1.29 is 0 Å². The molecule has 0 saturated carbocycles. The van der Waals surface area contributed by atoms with Crippen molar-refractivity contribution in [1.29, 1.82) is 0 Å². The van der Waals surface area contributed by atoms with Gasteiger partial charge in [0.15, 0.2) is 0 Å². The van der Waals surface area contributed by atoms with Crippen molar-refractivity contribution in [1.82, 2.24) is 16.2 Å². The van der Waals surface area contributed by atoms with E-state index in [1.54, 1.807) is 0 Å². The summed E-state index contributed by atoms with van der Waals surface area (Å²) in [5.41, 5.74) is 6.23. The normalized spacial score (nSPS) is 10.5. The topological polar surface area (TPSA) is 36.1 Å². The van der Waals surface area contributed by atoms with Gasteiger partial charge in [0.25, 0.3) is 0 Å². The molecular weight excluding hydrogens is 150 g/mol. The first kappa shape index (κ1) is 11.9. The molecule has 0 fully saturated rings. The van der Waals surface area contributed by atoms with E-state index in [1.807, 2.05) is 0 Å². The van der Waals surface area contributed by atoms with Crippen LogP contribution in [0, 0.1) is 0 Å². The van der Waals surface area contributed by atoms with Crippen LogP contribution in [0.3, 0.4) is 0 Å². The summed E-state index contributed by atoms with van der Waals surface area (Å²) in [6.07, 6.45) is 3.73. The average molecular weight is 173 g/mol. The van der Waals surface area contributed by atoms with E-state index in [4.69, 9.17) is 0 Å². The Hall–Kier alpha value is -0.120. The molecule has 0 aromatic rings. The highest BCUT2D eigenvalue weighted by atomic mass is 15.3.